The summed E-state index contributed by atoms with van der Waals surface area (Å²) in [7, 11) is 2.16. The van der Waals surface area contributed by atoms with Crippen LogP contribution in [0.4, 0.5) is 11.4 Å². The fourth-order valence-corrected chi connectivity index (χ4v) is 3.97. The maximum Gasteiger partial charge on any atom is 0.209 e. The molecular weight excluding hydrogens is 318 g/mol. The monoisotopic (exact) mass is 344 g/mol. The van der Waals surface area contributed by atoms with Crippen LogP contribution in [0.1, 0.15) is 31.4 Å². The van der Waals surface area contributed by atoms with Gasteiger partial charge in [-0.2, -0.15) is 9.68 Å². The molecule has 0 aromatic heterocycles. The third-order valence-electron chi connectivity index (χ3n) is 5.53. The largest absolute Gasteiger partial charge is 0.265 e. The van der Waals surface area contributed by atoms with E-state index in [0.29, 0.717) is 0 Å². The van der Waals surface area contributed by atoms with Gasteiger partial charge < -0.3 is 0 Å². The van der Waals surface area contributed by atoms with Crippen LogP contribution in [0.3, 0.4) is 0 Å². The lowest BCUT2D eigenvalue weighted by molar-refractivity contribution is -0.401. The van der Waals surface area contributed by atoms with Crippen LogP contribution in [-0.4, -0.2) is 29.6 Å². The third-order valence-corrected chi connectivity index (χ3v) is 5.53. The molecule has 0 amide bonds. The van der Waals surface area contributed by atoms with Gasteiger partial charge in [0.15, 0.2) is 5.71 Å². The van der Waals surface area contributed by atoms with E-state index in [-0.39, 0.29) is 5.41 Å². The Kier molecular flexibility index (Phi) is 4.03. The summed E-state index contributed by atoms with van der Waals surface area (Å²) < 4.78 is 2.30. The van der Waals surface area contributed by atoms with E-state index < -0.39 is 0 Å². The average molecular weight is 344 g/mol. The van der Waals surface area contributed by atoms with Gasteiger partial charge in [-0.05, 0) is 39.0 Å². The number of hydrogen-bond acceptors (Lipinski definition) is 2. The predicted octanol–water partition coefficient (Wildman–Crippen LogP) is 4.82. The summed E-state index contributed by atoms with van der Waals surface area (Å²) in [6.45, 7) is 7.64. The fourth-order valence-electron chi connectivity index (χ4n) is 3.97. The van der Waals surface area contributed by atoms with E-state index in [4.69, 9.17) is 5.10 Å². The quantitative estimate of drug-likeness (QED) is 0.730. The lowest BCUT2D eigenvalue weighted by Crippen LogP contribution is -2.26. The molecule has 4 rings (SSSR count). The van der Waals surface area contributed by atoms with Crippen molar-refractivity contribution < 1.29 is 4.58 Å². The summed E-state index contributed by atoms with van der Waals surface area (Å²) in [4.78, 5) is 0. The molecule has 2 aromatic carbocycles. The molecule has 2 aliphatic rings. The SMILES string of the molecule is Cc1ccc(N2CCC(/C=C/C3=[N+](C)c4ccccc4C3(C)C)=N2)cc1. The summed E-state index contributed by atoms with van der Waals surface area (Å²) in [5, 5.41) is 6.90. The molecule has 26 heavy (non-hydrogen) atoms. The molecule has 2 aromatic rings. The standard InChI is InChI=1S/C23H26N3/c1-17-9-12-19(13-10-17)26-16-15-18(24-26)11-14-22-23(2,3)20-7-5-6-8-21(20)25(22)4/h5-14H,15-16H2,1-4H3/q+1. The van der Waals surface area contributed by atoms with Crippen LogP contribution >= 0.6 is 0 Å². The van der Waals surface area contributed by atoms with Gasteiger partial charge >= 0.3 is 0 Å². The molecule has 0 N–H and O–H groups in total. The smallest absolute Gasteiger partial charge is 0.209 e. The molecule has 2 heterocycles. The van der Waals surface area contributed by atoms with Gasteiger partial charge in [0, 0.05) is 30.7 Å². The molecule has 0 radical (unpaired) electrons. The number of aryl methyl sites for hydroxylation is 1. The minimum Gasteiger partial charge on any atom is -0.265 e. The van der Waals surface area contributed by atoms with Crippen molar-refractivity contribution in [2.75, 3.05) is 18.6 Å². The van der Waals surface area contributed by atoms with Crippen LogP contribution in [0, 0.1) is 6.92 Å². The average Bonchev–Trinajstić information content (AvgIpc) is 3.17. The summed E-state index contributed by atoms with van der Waals surface area (Å²) in [5.74, 6) is 0. The summed E-state index contributed by atoms with van der Waals surface area (Å²) >= 11 is 0. The zero-order chi connectivity index (χ0) is 18.3. The number of hydrogen-bond donors (Lipinski definition) is 0. The minimum absolute atomic E-state index is 0.0116. The molecule has 0 unspecified atom stereocenters. The Labute approximate surface area is 156 Å². The molecule has 0 atom stereocenters. The molecule has 2 aliphatic heterocycles. The fraction of sp³-hybridized carbons (Fsp3) is 0.304. The Morgan fingerprint density at radius 2 is 1.77 bits per heavy atom. The topological polar surface area (TPSA) is 18.6 Å². The van der Waals surface area contributed by atoms with Crippen molar-refractivity contribution in [1.29, 1.82) is 0 Å². The number of allylic oxidation sites excluding steroid dienone is 2. The zero-order valence-corrected chi connectivity index (χ0v) is 16.0. The van der Waals surface area contributed by atoms with Crippen LogP contribution in [-0.2, 0) is 5.41 Å². The number of anilines is 1. The van der Waals surface area contributed by atoms with E-state index in [9.17, 15) is 0 Å². The summed E-state index contributed by atoms with van der Waals surface area (Å²) in [6, 6.07) is 17.2. The third kappa shape index (κ3) is 2.78. The summed E-state index contributed by atoms with van der Waals surface area (Å²) in [5.41, 5.74) is 7.59. The van der Waals surface area contributed by atoms with E-state index in [1.165, 1.54) is 22.5 Å². The molecule has 0 fully saturated rings. The van der Waals surface area contributed by atoms with Gasteiger partial charge in [0.1, 0.15) is 7.05 Å². The maximum atomic E-state index is 4.80. The van der Waals surface area contributed by atoms with Crippen molar-refractivity contribution >= 4 is 22.8 Å². The predicted molar refractivity (Wildman–Crippen MR) is 110 cm³/mol. The van der Waals surface area contributed by atoms with Crippen molar-refractivity contribution in [3.8, 4) is 0 Å². The number of hydrazone groups is 1. The molecule has 0 spiro atoms. The van der Waals surface area contributed by atoms with Crippen molar-refractivity contribution in [2.45, 2.75) is 32.6 Å². The first kappa shape index (κ1) is 16.8. The second-order valence-electron chi connectivity index (χ2n) is 7.72. The van der Waals surface area contributed by atoms with Crippen LogP contribution in [0.25, 0.3) is 0 Å². The van der Waals surface area contributed by atoms with Crippen LogP contribution in [0.5, 0.6) is 0 Å². The first-order chi connectivity index (χ1) is 12.5. The minimum atomic E-state index is 0.0116. The highest BCUT2D eigenvalue weighted by molar-refractivity contribution is 6.08. The molecule has 0 saturated carbocycles. The molecule has 132 valence electrons. The Balaban J connectivity index is 1.58. The lowest BCUT2D eigenvalue weighted by atomic mass is 9.81. The Morgan fingerprint density at radius 3 is 2.50 bits per heavy atom. The number of para-hydroxylation sites is 1. The van der Waals surface area contributed by atoms with Gasteiger partial charge in [-0.3, -0.25) is 5.01 Å². The highest BCUT2D eigenvalue weighted by atomic mass is 15.5. The highest BCUT2D eigenvalue weighted by Gasteiger charge is 2.42. The normalized spacial score (nSPS) is 18.6. The second-order valence-corrected chi connectivity index (χ2v) is 7.72. The van der Waals surface area contributed by atoms with Crippen LogP contribution in [0.15, 0.2) is 65.8 Å². The van der Waals surface area contributed by atoms with Crippen molar-refractivity contribution in [3.63, 3.8) is 0 Å². The van der Waals surface area contributed by atoms with Crippen LogP contribution in [0.2, 0.25) is 0 Å². The second kappa shape index (κ2) is 6.24. The Bertz CT molecular complexity index is 930. The first-order valence-electron chi connectivity index (χ1n) is 9.27. The molecule has 0 aliphatic carbocycles. The zero-order valence-electron chi connectivity index (χ0n) is 16.0. The van der Waals surface area contributed by atoms with Crippen LogP contribution < -0.4 is 5.01 Å². The summed E-state index contributed by atoms with van der Waals surface area (Å²) in [6.07, 6.45) is 5.42. The molecule has 3 heteroatoms. The molecule has 0 bridgehead atoms. The number of fused-ring (bicyclic) bond motifs is 1. The molecule has 0 saturated heterocycles. The maximum absolute atomic E-state index is 4.80. The number of benzene rings is 2. The lowest BCUT2D eigenvalue weighted by Gasteiger charge is -2.15. The Hall–Kier alpha value is -2.68. The van der Waals surface area contributed by atoms with Crippen molar-refractivity contribution in [2.24, 2.45) is 5.10 Å². The first-order valence-corrected chi connectivity index (χ1v) is 9.27. The van der Waals surface area contributed by atoms with Gasteiger partial charge in [0.25, 0.3) is 0 Å². The van der Waals surface area contributed by atoms with Gasteiger partial charge in [-0.25, -0.2) is 0 Å². The van der Waals surface area contributed by atoms with E-state index in [0.717, 1.165) is 24.4 Å². The number of nitrogens with zero attached hydrogens (tertiary/aromatic N) is 3. The van der Waals surface area contributed by atoms with Gasteiger partial charge in [0.05, 0.1) is 16.8 Å². The van der Waals surface area contributed by atoms with E-state index in [1.54, 1.807) is 0 Å². The Morgan fingerprint density at radius 1 is 1.04 bits per heavy atom. The van der Waals surface area contributed by atoms with E-state index >= 15 is 0 Å². The number of rotatable bonds is 3. The van der Waals surface area contributed by atoms with Gasteiger partial charge in [0.2, 0.25) is 5.69 Å². The van der Waals surface area contributed by atoms with Gasteiger partial charge in [-0.15, -0.1) is 0 Å². The molecular formula is C23H26N3+. The molecule has 3 nitrogen and oxygen atoms in total. The van der Waals surface area contributed by atoms with E-state index in [1.807, 2.05) is 0 Å². The van der Waals surface area contributed by atoms with E-state index in [2.05, 4.69) is 98.1 Å². The van der Waals surface area contributed by atoms with Crippen molar-refractivity contribution in [3.05, 3.63) is 71.8 Å². The van der Waals surface area contributed by atoms with Gasteiger partial charge in [-0.1, -0.05) is 35.9 Å². The highest BCUT2D eigenvalue weighted by Crippen LogP contribution is 2.39. The van der Waals surface area contributed by atoms with Crippen molar-refractivity contribution in [1.82, 2.24) is 0 Å².